The van der Waals surface area contributed by atoms with Crippen molar-refractivity contribution in [3.05, 3.63) is 24.2 Å². The molecule has 2 rings (SSSR count). The standard InChI is InChI=1S/C14H20F3N3O2/c15-14(16,17)11-3-1-6-20(10-11)7-5-18-13(21)19-9-12-4-2-8-22-12/h2,4,8,11H,1,3,5-7,9-10H2,(H2,18,19,21)/t11-/m1/s1. The Kier molecular flexibility index (Phi) is 5.70. The zero-order valence-corrected chi connectivity index (χ0v) is 12.2. The van der Waals surface area contributed by atoms with Crippen LogP contribution in [0.1, 0.15) is 18.6 Å². The van der Waals surface area contributed by atoms with Crippen LogP contribution in [0, 0.1) is 5.92 Å². The summed E-state index contributed by atoms with van der Waals surface area (Å²) in [4.78, 5) is 13.3. The number of piperidine rings is 1. The Morgan fingerprint density at radius 3 is 2.91 bits per heavy atom. The highest BCUT2D eigenvalue weighted by molar-refractivity contribution is 5.73. The summed E-state index contributed by atoms with van der Waals surface area (Å²) in [5.41, 5.74) is 0. The fourth-order valence-electron chi connectivity index (χ4n) is 2.50. The van der Waals surface area contributed by atoms with Crippen molar-refractivity contribution in [3.63, 3.8) is 0 Å². The molecule has 1 fully saturated rings. The normalized spacial score (nSPS) is 19.9. The molecule has 0 saturated carbocycles. The summed E-state index contributed by atoms with van der Waals surface area (Å²) in [6.07, 6.45) is -1.89. The van der Waals surface area contributed by atoms with Crippen molar-refractivity contribution in [1.82, 2.24) is 15.5 Å². The van der Waals surface area contributed by atoms with E-state index < -0.39 is 12.1 Å². The monoisotopic (exact) mass is 319 g/mol. The van der Waals surface area contributed by atoms with Gasteiger partial charge >= 0.3 is 12.2 Å². The molecule has 0 aromatic carbocycles. The first kappa shape index (κ1) is 16.7. The molecule has 2 N–H and O–H groups in total. The Hall–Kier alpha value is -1.70. The maximum atomic E-state index is 12.7. The molecule has 1 aliphatic heterocycles. The van der Waals surface area contributed by atoms with Crippen LogP contribution < -0.4 is 10.6 Å². The van der Waals surface area contributed by atoms with Gasteiger partial charge in [0, 0.05) is 19.6 Å². The topological polar surface area (TPSA) is 57.5 Å². The molecule has 1 aromatic rings. The summed E-state index contributed by atoms with van der Waals surface area (Å²) < 4.78 is 43.1. The maximum absolute atomic E-state index is 12.7. The lowest BCUT2D eigenvalue weighted by Gasteiger charge is -2.33. The Balaban J connectivity index is 1.62. The maximum Gasteiger partial charge on any atom is 0.393 e. The van der Waals surface area contributed by atoms with Crippen molar-refractivity contribution in [2.45, 2.75) is 25.6 Å². The van der Waals surface area contributed by atoms with Gasteiger partial charge in [0.15, 0.2) is 0 Å². The number of furan rings is 1. The zero-order valence-electron chi connectivity index (χ0n) is 12.2. The van der Waals surface area contributed by atoms with Gasteiger partial charge in [-0.15, -0.1) is 0 Å². The Bertz CT molecular complexity index is 462. The molecule has 124 valence electrons. The van der Waals surface area contributed by atoms with Gasteiger partial charge in [-0.2, -0.15) is 13.2 Å². The van der Waals surface area contributed by atoms with Gasteiger partial charge in [-0.05, 0) is 31.5 Å². The number of nitrogens with zero attached hydrogens (tertiary/aromatic N) is 1. The first-order valence-corrected chi connectivity index (χ1v) is 7.28. The van der Waals surface area contributed by atoms with Gasteiger partial charge in [0.25, 0.3) is 0 Å². The van der Waals surface area contributed by atoms with Crippen molar-refractivity contribution in [2.75, 3.05) is 26.2 Å². The first-order chi connectivity index (χ1) is 10.4. The fraction of sp³-hybridized carbons (Fsp3) is 0.643. The van der Waals surface area contributed by atoms with Crippen molar-refractivity contribution in [2.24, 2.45) is 5.92 Å². The minimum Gasteiger partial charge on any atom is -0.467 e. The molecular formula is C14H20F3N3O2. The van der Waals surface area contributed by atoms with Gasteiger partial charge in [-0.25, -0.2) is 4.79 Å². The smallest absolute Gasteiger partial charge is 0.393 e. The summed E-state index contributed by atoms with van der Waals surface area (Å²) >= 11 is 0. The lowest BCUT2D eigenvalue weighted by Crippen LogP contribution is -2.45. The number of hydrogen-bond acceptors (Lipinski definition) is 3. The van der Waals surface area contributed by atoms with E-state index in [-0.39, 0.29) is 25.5 Å². The van der Waals surface area contributed by atoms with Crippen molar-refractivity contribution in [1.29, 1.82) is 0 Å². The van der Waals surface area contributed by atoms with Gasteiger partial charge < -0.3 is 20.0 Å². The summed E-state index contributed by atoms with van der Waals surface area (Å²) in [5, 5.41) is 5.24. The lowest BCUT2D eigenvalue weighted by atomic mass is 9.97. The molecule has 1 aliphatic rings. The molecule has 2 amide bonds. The number of halogens is 3. The molecular weight excluding hydrogens is 299 g/mol. The molecule has 5 nitrogen and oxygen atoms in total. The summed E-state index contributed by atoms with van der Waals surface area (Å²) in [5.74, 6) is -0.617. The highest BCUT2D eigenvalue weighted by atomic mass is 19.4. The third-order valence-corrected chi connectivity index (χ3v) is 3.69. The molecule has 22 heavy (non-hydrogen) atoms. The molecule has 1 atom stereocenters. The first-order valence-electron chi connectivity index (χ1n) is 7.28. The predicted molar refractivity (Wildman–Crippen MR) is 74.2 cm³/mol. The van der Waals surface area contributed by atoms with Crippen molar-refractivity contribution in [3.8, 4) is 0 Å². The molecule has 1 aromatic heterocycles. The SMILES string of the molecule is O=C(NCCN1CCC[C@@H](C(F)(F)F)C1)NCc1ccco1. The highest BCUT2D eigenvalue weighted by Gasteiger charge is 2.41. The highest BCUT2D eigenvalue weighted by Crippen LogP contribution is 2.32. The minimum atomic E-state index is -4.13. The number of carbonyl (C=O) groups is 1. The largest absolute Gasteiger partial charge is 0.467 e. The van der Waals surface area contributed by atoms with Gasteiger partial charge in [0.1, 0.15) is 5.76 Å². The van der Waals surface area contributed by atoms with Crippen molar-refractivity contribution >= 4 is 6.03 Å². The zero-order chi connectivity index (χ0) is 16.0. The van der Waals surface area contributed by atoms with Crippen LogP contribution in [-0.2, 0) is 6.54 Å². The van der Waals surface area contributed by atoms with Gasteiger partial charge in [0.2, 0.25) is 0 Å². The van der Waals surface area contributed by atoms with E-state index in [4.69, 9.17) is 4.42 Å². The number of amides is 2. The molecule has 8 heteroatoms. The number of likely N-dealkylation sites (tertiary alicyclic amines) is 1. The summed E-state index contributed by atoms with van der Waals surface area (Å²) in [6.45, 7) is 1.66. The second-order valence-electron chi connectivity index (χ2n) is 5.37. The molecule has 0 bridgehead atoms. The van der Waals surface area contributed by atoms with E-state index in [1.54, 1.807) is 17.0 Å². The molecule has 0 radical (unpaired) electrons. The minimum absolute atomic E-state index is 0.0131. The van der Waals surface area contributed by atoms with E-state index >= 15 is 0 Å². The van der Waals surface area contributed by atoms with Crippen LogP contribution in [0.2, 0.25) is 0 Å². The predicted octanol–water partition coefficient (Wildman–Crippen LogP) is 2.35. The fourth-order valence-corrected chi connectivity index (χ4v) is 2.50. The van der Waals surface area contributed by atoms with E-state index in [1.807, 2.05) is 0 Å². The summed E-state index contributed by atoms with van der Waals surface area (Å²) in [7, 11) is 0. The second kappa shape index (κ2) is 7.53. The van der Waals surface area contributed by atoms with E-state index in [1.165, 1.54) is 6.26 Å². The number of rotatable bonds is 5. The number of alkyl halides is 3. The van der Waals surface area contributed by atoms with Crippen LogP contribution in [0.5, 0.6) is 0 Å². The number of nitrogens with one attached hydrogen (secondary N) is 2. The van der Waals surface area contributed by atoms with Crippen LogP contribution >= 0.6 is 0 Å². The average molecular weight is 319 g/mol. The molecule has 0 aliphatic carbocycles. The van der Waals surface area contributed by atoms with Crippen LogP contribution in [0.4, 0.5) is 18.0 Å². The van der Waals surface area contributed by atoms with E-state index in [9.17, 15) is 18.0 Å². The van der Waals surface area contributed by atoms with Gasteiger partial charge in [0.05, 0.1) is 18.7 Å². The average Bonchev–Trinajstić information content (AvgIpc) is 2.98. The Labute approximate surface area is 126 Å². The van der Waals surface area contributed by atoms with Crippen LogP contribution in [-0.4, -0.2) is 43.3 Å². The summed E-state index contributed by atoms with van der Waals surface area (Å²) in [6, 6.07) is 3.11. The van der Waals surface area contributed by atoms with Gasteiger partial charge in [-0.3, -0.25) is 0 Å². The molecule has 0 spiro atoms. The molecule has 0 unspecified atom stereocenters. The van der Waals surface area contributed by atoms with E-state index in [0.717, 1.165) is 0 Å². The number of carbonyl (C=O) groups excluding carboxylic acids is 1. The Morgan fingerprint density at radius 1 is 1.41 bits per heavy atom. The van der Waals surface area contributed by atoms with E-state index in [0.29, 0.717) is 31.8 Å². The van der Waals surface area contributed by atoms with Gasteiger partial charge in [-0.1, -0.05) is 0 Å². The lowest BCUT2D eigenvalue weighted by molar-refractivity contribution is -0.186. The van der Waals surface area contributed by atoms with Crippen LogP contribution in [0.3, 0.4) is 0 Å². The second-order valence-corrected chi connectivity index (χ2v) is 5.37. The van der Waals surface area contributed by atoms with E-state index in [2.05, 4.69) is 10.6 Å². The number of hydrogen-bond donors (Lipinski definition) is 2. The molecule has 2 heterocycles. The van der Waals surface area contributed by atoms with Crippen LogP contribution in [0.15, 0.2) is 22.8 Å². The van der Waals surface area contributed by atoms with Crippen LogP contribution in [0.25, 0.3) is 0 Å². The third-order valence-electron chi connectivity index (χ3n) is 3.69. The van der Waals surface area contributed by atoms with Crippen molar-refractivity contribution < 1.29 is 22.4 Å². The molecule has 1 saturated heterocycles. The Morgan fingerprint density at radius 2 is 2.23 bits per heavy atom. The third kappa shape index (κ3) is 5.25. The number of urea groups is 1. The quantitative estimate of drug-likeness (QED) is 0.876.